The molecule has 0 aliphatic carbocycles. The zero-order chi connectivity index (χ0) is 24.7. The van der Waals surface area contributed by atoms with E-state index in [1.807, 2.05) is 43.6 Å². The van der Waals surface area contributed by atoms with E-state index in [2.05, 4.69) is 20.5 Å². The average Bonchev–Trinajstić information content (AvgIpc) is 3.27. The van der Waals surface area contributed by atoms with Crippen LogP contribution in [0.4, 0.5) is 0 Å². The summed E-state index contributed by atoms with van der Waals surface area (Å²) >= 11 is 6.02. The molecule has 2 aromatic carbocycles. The number of likely N-dealkylation sites (tertiary alicyclic amines) is 1. The Hall–Kier alpha value is -2.74. The van der Waals surface area contributed by atoms with Crippen molar-refractivity contribution in [1.82, 2.24) is 14.5 Å². The topological polar surface area (TPSA) is 69.0 Å². The Morgan fingerprint density at radius 2 is 1.91 bits per heavy atom. The normalized spacial score (nSPS) is 15.7. The number of ether oxygens (including phenoxy) is 3. The van der Waals surface area contributed by atoms with Gasteiger partial charge in [0.05, 0.1) is 13.7 Å². The lowest BCUT2D eigenvalue weighted by Gasteiger charge is -2.38. The van der Waals surface area contributed by atoms with Gasteiger partial charge in [0.25, 0.3) is 0 Å². The van der Waals surface area contributed by atoms with E-state index >= 15 is 0 Å². The number of rotatable bonds is 11. The molecule has 0 unspecified atom stereocenters. The highest BCUT2D eigenvalue weighted by Gasteiger charge is 2.33. The maximum Gasteiger partial charge on any atom is 0.161 e. The summed E-state index contributed by atoms with van der Waals surface area (Å²) in [6.07, 6.45) is 6.00. The number of hydrogen-bond donors (Lipinski definition) is 1. The number of methoxy groups -OCH3 is 1. The van der Waals surface area contributed by atoms with Crippen LogP contribution in [-0.4, -0.2) is 58.6 Å². The number of hydrogen-bond acceptors (Lipinski definition) is 6. The quantitative estimate of drug-likeness (QED) is 0.385. The first kappa shape index (κ1) is 25.4. The maximum atomic E-state index is 11.0. The minimum absolute atomic E-state index is 0.265. The predicted octanol–water partition coefficient (Wildman–Crippen LogP) is 4.73. The van der Waals surface area contributed by atoms with Crippen LogP contribution in [-0.2, 0) is 13.1 Å². The van der Waals surface area contributed by atoms with Gasteiger partial charge in [-0.15, -0.1) is 0 Å². The molecule has 0 saturated carbocycles. The molecule has 8 heteroatoms. The van der Waals surface area contributed by atoms with Gasteiger partial charge in [0.1, 0.15) is 23.8 Å². The van der Waals surface area contributed by atoms with Crippen LogP contribution in [0.3, 0.4) is 0 Å². The van der Waals surface area contributed by atoms with Crippen LogP contribution in [0, 0.1) is 6.92 Å². The van der Waals surface area contributed by atoms with Gasteiger partial charge in [0.2, 0.25) is 0 Å². The van der Waals surface area contributed by atoms with Gasteiger partial charge in [-0.25, -0.2) is 4.98 Å². The summed E-state index contributed by atoms with van der Waals surface area (Å²) in [7, 11) is 1.67. The Labute approximate surface area is 212 Å². The van der Waals surface area contributed by atoms with Crippen molar-refractivity contribution in [2.75, 3.05) is 33.4 Å². The Morgan fingerprint density at radius 3 is 2.63 bits per heavy atom. The smallest absolute Gasteiger partial charge is 0.161 e. The van der Waals surface area contributed by atoms with Crippen molar-refractivity contribution >= 4 is 11.6 Å². The number of piperidine rings is 1. The van der Waals surface area contributed by atoms with Gasteiger partial charge in [-0.1, -0.05) is 23.7 Å². The summed E-state index contributed by atoms with van der Waals surface area (Å²) in [4.78, 5) is 6.59. The van der Waals surface area contributed by atoms with Gasteiger partial charge in [-0.3, -0.25) is 4.90 Å². The van der Waals surface area contributed by atoms with E-state index in [1.165, 1.54) is 0 Å². The minimum atomic E-state index is -0.830. The van der Waals surface area contributed by atoms with Crippen molar-refractivity contribution in [2.24, 2.45) is 0 Å². The molecule has 1 aliphatic heterocycles. The number of aryl methyl sites for hydroxylation is 2. The monoisotopic (exact) mass is 499 g/mol. The summed E-state index contributed by atoms with van der Waals surface area (Å²) in [5, 5.41) is 11.6. The van der Waals surface area contributed by atoms with Crippen LogP contribution in [0.25, 0.3) is 0 Å². The van der Waals surface area contributed by atoms with Crippen LogP contribution in [0.5, 0.6) is 17.2 Å². The lowest BCUT2D eigenvalue weighted by Crippen LogP contribution is -2.47. The van der Waals surface area contributed by atoms with Gasteiger partial charge < -0.3 is 23.9 Å². The molecule has 188 valence electrons. The van der Waals surface area contributed by atoms with Crippen molar-refractivity contribution in [3.63, 3.8) is 0 Å². The third-order valence-corrected chi connectivity index (χ3v) is 6.68. The fourth-order valence-electron chi connectivity index (χ4n) is 4.29. The second kappa shape index (κ2) is 11.8. The van der Waals surface area contributed by atoms with E-state index in [1.54, 1.807) is 19.2 Å². The molecule has 0 radical (unpaired) electrons. The van der Waals surface area contributed by atoms with Crippen LogP contribution in [0.1, 0.15) is 30.7 Å². The summed E-state index contributed by atoms with van der Waals surface area (Å²) in [5.74, 6) is 3.19. The molecule has 35 heavy (non-hydrogen) atoms. The van der Waals surface area contributed by atoms with E-state index in [-0.39, 0.29) is 6.61 Å². The zero-order valence-corrected chi connectivity index (χ0v) is 21.2. The maximum absolute atomic E-state index is 11.0. The first-order valence-corrected chi connectivity index (χ1v) is 12.4. The van der Waals surface area contributed by atoms with Crippen molar-refractivity contribution in [3.8, 4) is 17.2 Å². The molecule has 1 aliphatic rings. The van der Waals surface area contributed by atoms with Crippen LogP contribution in [0.2, 0.25) is 5.02 Å². The SMILES string of the molecule is COc1cc(CN2CCC(O)(COc3cccc(Cl)c3)CC2)ccc1OCCCn1ccnc1C. The molecular formula is C27H34ClN3O4. The molecule has 0 bridgehead atoms. The summed E-state index contributed by atoms with van der Waals surface area (Å²) in [6, 6.07) is 13.4. The van der Waals surface area contributed by atoms with Gasteiger partial charge in [0.15, 0.2) is 11.5 Å². The molecule has 7 nitrogen and oxygen atoms in total. The molecule has 1 aromatic heterocycles. The van der Waals surface area contributed by atoms with Crippen molar-refractivity contribution in [3.05, 3.63) is 71.3 Å². The Bertz CT molecular complexity index is 1100. The number of aromatic nitrogens is 2. The van der Waals surface area contributed by atoms with Gasteiger partial charge in [-0.05, 0) is 62.1 Å². The molecule has 2 heterocycles. The van der Waals surface area contributed by atoms with Gasteiger partial charge >= 0.3 is 0 Å². The van der Waals surface area contributed by atoms with Crippen molar-refractivity contribution in [1.29, 1.82) is 0 Å². The van der Waals surface area contributed by atoms with E-state index in [9.17, 15) is 5.11 Å². The Morgan fingerprint density at radius 1 is 1.09 bits per heavy atom. The van der Waals surface area contributed by atoms with E-state index in [0.29, 0.717) is 30.2 Å². The van der Waals surface area contributed by atoms with Gasteiger partial charge in [0, 0.05) is 43.6 Å². The summed E-state index contributed by atoms with van der Waals surface area (Å²) in [5.41, 5.74) is 0.326. The minimum Gasteiger partial charge on any atom is -0.493 e. The number of benzene rings is 2. The van der Waals surface area contributed by atoms with Crippen molar-refractivity contribution < 1.29 is 19.3 Å². The molecule has 0 atom stereocenters. The van der Waals surface area contributed by atoms with Crippen LogP contribution in [0.15, 0.2) is 54.9 Å². The number of nitrogens with zero attached hydrogens (tertiary/aromatic N) is 3. The molecule has 0 spiro atoms. The zero-order valence-electron chi connectivity index (χ0n) is 20.5. The standard InChI is InChI=1S/C27H34ClN3O4/c1-21-29-11-15-31(21)12-4-16-34-25-8-7-22(17-26(25)33-2)19-30-13-9-27(32,10-14-30)20-35-24-6-3-5-23(28)18-24/h3,5-8,11,15,17-18,32H,4,9-10,12-14,16,19-20H2,1-2H3. The van der Waals surface area contributed by atoms with Crippen LogP contribution < -0.4 is 14.2 Å². The first-order chi connectivity index (χ1) is 16.9. The third-order valence-electron chi connectivity index (χ3n) is 6.45. The fourth-order valence-corrected chi connectivity index (χ4v) is 4.47. The molecule has 0 amide bonds. The molecule has 1 fully saturated rings. The highest BCUT2D eigenvalue weighted by Crippen LogP contribution is 2.30. The predicted molar refractivity (Wildman–Crippen MR) is 136 cm³/mol. The molecule has 3 aromatic rings. The van der Waals surface area contributed by atoms with Crippen LogP contribution >= 0.6 is 11.6 Å². The third kappa shape index (κ3) is 7.13. The van der Waals surface area contributed by atoms with E-state index in [0.717, 1.165) is 55.5 Å². The highest BCUT2D eigenvalue weighted by atomic mass is 35.5. The lowest BCUT2D eigenvalue weighted by molar-refractivity contribution is -0.0537. The fraction of sp³-hybridized carbons (Fsp3) is 0.444. The van der Waals surface area contributed by atoms with E-state index in [4.69, 9.17) is 25.8 Å². The summed E-state index contributed by atoms with van der Waals surface area (Å²) < 4.78 is 19.5. The lowest BCUT2D eigenvalue weighted by atomic mass is 9.92. The number of imidazole rings is 1. The average molecular weight is 500 g/mol. The second-order valence-electron chi connectivity index (χ2n) is 9.10. The molecular weight excluding hydrogens is 466 g/mol. The first-order valence-electron chi connectivity index (χ1n) is 12.0. The largest absolute Gasteiger partial charge is 0.493 e. The van der Waals surface area contributed by atoms with E-state index < -0.39 is 5.60 Å². The Balaban J connectivity index is 1.23. The second-order valence-corrected chi connectivity index (χ2v) is 9.54. The Kier molecular flexibility index (Phi) is 8.55. The number of aliphatic hydroxyl groups is 1. The molecule has 1 N–H and O–H groups in total. The number of halogens is 1. The molecule has 1 saturated heterocycles. The summed E-state index contributed by atoms with van der Waals surface area (Å²) in [6.45, 7) is 6.13. The van der Waals surface area contributed by atoms with Crippen molar-refractivity contribution in [2.45, 2.75) is 44.9 Å². The van der Waals surface area contributed by atoms with Gasteiger partial charge in [-0.2, -0.15) is 0 Å². The highest BCUT2D eigenvalue weighted by molar-refractivity contribution is 6.30. The molecule has 4 rings (SSSR count).